The molecule has 1 saturated heterocycles. The number of nitrogens with one attached hydrogen (secondary N) is 1. The molecule has 1 aliphatic rings. The summed E-state index contributed by atoms with van der Waals surface area (Å²) in [6.07, 6.45) is 0. The largest absolute Gasteiger partial charge is 0.394 e. The summed E-state index contributed by atoms with van der Waals surface area (Å²) in [6.45, 7) is 5.35. The van der Waals surface area contributed by atoms with Gasteiger partial charge in [-0.3, -0.25) is 9.69 Å². The van der Waals surface area contributed by atoms with Crippen molar-refractivity contribution < 1.29 is 14.6 Å². The Balaban J connectivity index is 2.27. The molecule has 1 rings (SSSR count). The Labute approximate surface area is 84.0 Å². The van der Waals surface area contributed by atoms with Crippen LogP contribution in [0.25, 0.3) is 0 Å². The Morgan fingerprint density at radius 1 is 1.57 bits per heavy atom. The van der Waals surface area contributed by atoms with Gasteiger partial charge in [0.2, 0.25) is 5.91 Å². The molecular formula is C9H18N2O3. The molecule has 14 heavy (non-hydrogen) atoms. The van der Waals surface area contributed by atoms with Crippen molar-refractivity contribution in [2.45, 2.75) is 13.0 Å². The number of aliphatic hydroxyl groups excluding tert-OH is 1. The van der Waals surface area contributed by atoms with E-state index in [-0.39, 0.29) is 18.6 Å². The third kappa shape index (κ3) is 4.04. The molecule has 1 heterocycles. The minimum absolute atomic E-state index is 0.0169. The predicted molar refractivity (Wildman–Crippen MR) is 51.9 cm³/mol. The monoisotopic (exact) mass is 202 g/mol. The molecule has 0 aromatic heterocycles. The SMILES string of the molecule is CC(=O)NC(CO)CN1CCOCC1. The van der Waals surface area contributed by atoms with Gasteiger partial charge >= 0.3 is 0 Å². The molecule has 1 aliphatic heterocycles. The first kappa shape index (κ1) is 11.4. The van der Waals surface area contributed by atoms with Crippen molar-refractivity contribution in [2.24, 2.45) is 0 Å². The van der Waals surface area contributed by atoms with Gasteiger partial charge in [0.05, 0.1) is 25.9 Å². The summed E-state index contributed by atoms with van der Waals surface area (Å²) in [5, 5.41) is 11.7. The highest BCUT2D eigenvalue weighted by Gasteiger charge is 2.16. The summed E-state index contributed by atoms with van der Waals surface area (Å²) in [5.41, 5.74) is 0. The quantitative estimate of drug-likeness (QED) is 0.602. The molecule has 82 valence electrons. The van der Waals surface area contributed by atoms with E-state index in [1.165, 1.54) is 6.92 Å². The second-order valence-electron chi connectivity index (χ2n) is 3.49. The second-order valence-corrected chi connectivity index (χ2v) is 3.49. The van der Waals surface area contributed by atoms with Crippen molar-refractivity contribution in [3.05, 3.63) is 0 Å². The first-order valence-electron chi connectivity index (χ1n) is 4.90. The smallest absolute Gasteiger partial charge is 0.217 e. The van der Waals surface area contributed by atoms with Gasteiger partial charge in [0, 0.05) is 26.6 Å². The van der Waals surface area contributed by atoms with E-state index in [9.17, 15) is 4.79 Å². The molecule has 0 aliphatic carbocycles. The first-order chi connectivity index (χ1) is 6.72. The molecule has 0 bridgehead atoms. The number of hydrogen-bond acceptors (Lipinski definition) is 4. The molecule has 1 fully saturated rings. The van der Waals surface area contributed by atoms with E-state index in [0.717, 1.165) is 26.3 Å². The molecule has 1 unspecified atom stereocenters. The molecule has 1 amide bonds. The van der Waals surface area contributed by atoms with Crippen LogP contribution in [0.4, 0.5) is 0 Å². The number of hydrogen-bond donors (Lipinski definition) is 2. The maximum atomic E-state index is 10.8. The molecule has 5 heteroatoms. The van der Waals surface area contributed by atoms with Gasteiger partial charge in [-0.15, -0.1) is 0 Å². The fourth-order valence-corrected chi connectivity index (χ4v) is 1.53. The third-order valence-electron chi connectivity index (χ3n) is 2.21. The number of rotatable bonds is 4. The molecule has 5 nitrogen and oxygen atoms in total. The van der Waals surface area contributed by atoms with Gasteiger partial charge in [-0.25, -0.2) is 0 Å². The lowest BCUT2D eigenvalue weighted by Gasteiger charge is -2.29. The number of ether oxygens (including phenoxy) is 1. The lowest BCUT2D eigenvalue weighted by atomic mass is 10.2. The van der Waals surface area contributed by atoms with Gasteiger partial charge in [-0.2, -0.15) is 0 Å². The van der Waals surface area contributed by atoms with E-state index in [4.69, 9.17) is 9.84 Å². The summed E-state index contributed by atoms with van der Waals surface area (Å²) >= 11 is 0. The molecule has 1 atom stereocenters. The minimum atomic E-state index is -0.161. The number of morpholine rings is 1. The lowest BCUT2D eigenvalue weighted by molar-refractivity contribution is -0.120. The van der Waals surface area contributed by atoms with Crippen LogP contribution in [0.1, 0.15) is 6.92 Å². The highest BCUT2D eigenvalue weighted by Crippen LogP contribution is 1.98. The number of amides is 1. The molecule has 0 aromatic rings. The molecule has 0 saturated carbocycles. The van der Waals surface area contributed by atoms with Crippen LogP contribution in [-0.4, -0.2) is 61.4 Å². The number of nitrogens with zero attached hydrogens (tertiary/aromatic N) is 1. The average molecular weight is 202 g/mol. The van der Waals surface area contributed by atoms with Gasteiger partial charge in [-0.05, 0) is 0 Å². The van der Waals surface area contributed by atoms with Crippen LogP contribution in [0.15, 0.2) is 0 Å². The molecule has 2 N–H and O–H groups in total. The molecule has 0 spiro atoms. The summed E-state index contributed by atoms with van der Waals surface area (Å²) in [4.78, 5) is 13.0. The van der Waals surface area contributed by atoms with Crippen LogP contribution in [0, 0.1) is 0 Å². The predicted octanol–water partition coefficient (Wildman–Crippen LogP) is -1.18. The van der Waals surface area contributed by atoms with E-state index >= 15 is 0 Å². The standard InChI is InChI=1S/C9H18N2O3/c1-8(13)10-9(7-12)6-11-2-4-14-5-3-11/h9,12H,2-7H2,1H3,(H,10,13). The van der Waals surface area contributed by atoms with Crippen molar-refractivity contribution in [3.8, 4) is 0 Å². The number of carbonyl (C=O) groups is 1. The Bertz CT molecular complexity index is 181. The van der Waals surface area contributed by atoms with Gasteiger partial charge < -0.3 is 15.2 Å². The summed E-state index contributed by atoms with van der Waals surface area (Å²) in [6, 6.07) is -0.161. The van der Waals surface area contributed by atoms with Crippen molar-refractivity contribution in [3.63, 3.8) is 0 Å². The average Bonchev–Trinajstić information content (AvgIpc) is 2.17. The van der Waals surface area contributed by atoms with Crippen molar-refractivity contribution >= 4 is 5.91 Å². The van der Waals surface area contributed by atoms with E-state index in [2.05, 4.69) is 10.2 Å². The van der Waals surface area contributed by atoms with Crippen molar-refractivity contribution in [1.82, 2.24) is 10.2 Å². The normalized spacial score (nSPS) is 20.4. The minimum Gasteiger partial charge on any atom is -0.394 e. The van der Waals surface area contributed by atoms with E-state index in [0.29, 0.717) is 6.54 Å². The van der Waals surface area contributed by atoms with Crippen LogP contribution in [0.2, 0.25) is 0 Å². The number of carbonyl (C=O) groups excluding carboxylic acids is 1. The van der Waals surface area contributed by atoms with Crippen molar-refractivity contribution in [1.29, 1.82) is 0 Å². The zero-order chi connectivity index (χ0) is 10.4. The topological polar surface area (TPSA) is 61.8 Å². The highest BCUT2D eigenvalue weighted by atomic mass is 16.5. The maximum Gasteiger partial charge on any atom is 0.217 e. The first-order valence-corrected chi connectivity index (χ1v) is 4.90. The van der Waals surface area contributed by atoms with Gasteiger partial charge in [-0.1, -0.05) is 0 Å². The number of aliphatic hydroxyl groups is 1. The van der Waals surface area contributed by atoms with Crippen LogP contribution >= 0.6 is 0 Å². The van der Waals surface area contributed by atoms with E-state index < -0.39 is 0 Å². The van der Waals surface area contributed by atoms with Gasteiger partial charge in [0.25, 0.3) is 0 Å². The van der Waals surface area contributed by atoms with Crippen molar-refractivity contribution in [2.75, 3.05) is 39.5 Å². The summed E-state index contributed by atoms with van der Waals surface area (Å²) < 4.78 is 5.20. The molecule has 0 aromatic carbocycles. The Hall–Kier alpha value is -0.650. The maximum absolute atomic E-state index is 10.8. The molecular weight excluding hydrogens is 184 g/mol. The van der Waals surface area contributed by atoms with Crippen LogP contribution in [0.3, 0.4) is 0 Å². The van der Waals surface area contributed by atoms with Crippen LogP contribution < -0.4 is 5.32 Å². The fourth-order valence-electron chi connectivity index (χ4n) is 1.53. The zero-order valence-corrected chi connectivity index (χ0v) is 8.53. The second kappa shape index (κ2) is 5.95. The lowest BCUT2D eigenvalue weighted by Crippen LogP contribution is -2.48. The Morgan fingerprint density at radius 2 is 2.21 bits per heavy atom. The van der Waals surface area contributed by atoms with Crippen LogP contribution in [-0.2, 0) is 9.53 Å². The summed E-state index contributed by atoms with van der Waals surface area (Å²) in [7, 11) is 0. The third-order valence-corrected chi connectivity index (χ3v) is 2.21. The van der Waals surface area contributed by atoms with E-state index in [1.807, 2.05) is 0 Å². The van der Waals surface area contributed by atoms with Gasteiger partial charge in [0.15, 0.2) is 0 Å². The highest BCUT2D eigenvalue weighted by molar-refractivity contribution is 5.73. The fraction of sp³-hybridized carbons (Fsp3) is 0.889. The molecule has 0 radical (unpaired) electrons. The Kier molecular flexibility index (Phi) is 4.86. The zero-order valence-electron chi connectivity index (χ0n) is 8.53. The van der Waals surface area contributed by atoms with E-state index in [1.54, 1.807) is 0 Å². The Morgan fingerprint density at radius 3 is 2.71 bits per heavy atom. The summed E-state index contributed by atoms with van der Waals surface area (Å²) in [5.74, 6) is -0.0997. The van der Waals surface area contributed by atoms with Crippen LogP contribution in [0.5, 0.6) is 0 Å². The van der Waals surface area contributed by atoms with Gasteiger partial charge in [0.1, 0.15) is 0 Å².